The van der Waals surface area contributed by atoms with Crippen molar-refractivity contribution in [3.05, 3.63) is 64.2 Å². The summed E-state index contributed by atoms with van der Waals surface area (Å²) in [6, 6.07) is 13.9. The van der Waals surface area contributed by atoms with Crippen LogP contribution in [0.4, 0.5) is 17.1 Å². The molecule has 1 saturated heterocycles. The number of nitrogens with one attached hydrogen (secondary N) is 2. The van der Waals surface area contributed by atoms with Crippen LogP contribution in [0, 0.1) is 16.0 Å². The SMILES string of the molecule is CCNCC1CCN(C(=O)c2ccc(Nc3ccccc3)c([N+](=O)[O-])c2)CC1. The number of nitrogens with zero attached hydrogens (tertiary/aromatic N) is 2. The first kappa shape index (κ1) is 19.8. The van der Waals surface area contributed by atoms with Gasteiger partial charge in [-0.25, -0.2) is 0 Å². The fraction of sp³-hybridized carbons (Fsp3) is 0.381. The number of benzene rings is 2. The second-order valence-electron chi connectivity index (χ2n) is 7.02. The summed E-state index contributed by atoms with van der Waals surface area (Å²) in [6.45, 7) is 5.39. The van der Waals surface area contributed by atoms with E-state index in [1.54, 1.807) is 17.0 Å². The Morgan fingerprint density at radius 3 is 2.54 bits per heavy atom. The Morgan fingerprint density at radius 1 is 1.18 bits per heavy atom. The van der Waals surface area contributed by atoms with E-state index in [-0.39, 0.29) is 11.6 Å². The zero-order chi connectivity index (χ0) is 19.9. The fourth-order valence-corrected chi connectivity index (χ4v) is 3.47. The number of carbonyl (C=O) groups is 1. The van der Waals surface area contributed by atoms with Crippen LogP contribution in [-0.2, 0) is 0 Å². The normalized spacial score (nSPS) is 14.7. The number of likely N-dealkylation sites (tertiary alicyclic amines) is 1. The maximum Gasteiger partial charge on any atom is 0.293 e. The smallest absolute Gasteiger partial charge is 0.293 e. The fourth-order valence-electron chi connectivity index (χ4n) is 3.47. The van der Waals surface area contributed by atoms with Gasteiger partial charge in [0.2, 0.25) is 0 Å². The summed E-state index contributed by atoms with van der Waals surface area (Å²) >= 11 is 0. The second-order valence-corrected chi connectivity index (χ2v) is 7.02. The molecular weight excluding hydrogens is 356 g/mol. The molecule has 7 nitrogen and oxygen atoms in total. The number of nitro benzene ring substituents is 1. The van der Waals surface area contributed by atoms with Crippen molar-refractivity contribution in [2.75, 3.05) is 31.5 Å². The summed E-state index contributed by atoms with van der Waals surface area (Å²) in [7, 11) is 0. The highest BCUT2D eigenvalue weighted by atomic mass is 16.6. The summed E-state index contributed by atoms with van der Waals surface area (Å²) in [4.78, 5) is 25.7. The highest BCUT2D eigenvalue weighted by molar-refractivity contribution is 5.96. The van der Waals surface area contributed by atoms with Crippen LogP contribution in [-0.4, -0.2) is 41.9 Å². The molecule has 2 aromatic carbocycles. The number of amides is 1. The molecule has 0 spiro atoms. The molecule has 28 heavy (non-hydrogen) atoms. The third-order valence-corrected chi connectivity index (χ3v) is 5.08. The highest BCUT2D eigenvalue weighted by Crippen LogP contribution is 2.29. The predicted octanol–water partition coefficient (Wildman–Crippen LogP) is 3.80. The first-order valence-corrected chi connectivity index (χ1v) is 9.69. The number of rotatable bonds is 7. The topological polar surface area (TPSA) is 87.5 Å². The van der Waals surface area contributed by atoms with E-state index >= 15 is 0 Å². The highest BCUT2D eigenvalue weighted by Gasteiger charge is 2.25. The van der Waals surface area contributed by atoms with Crippen molar-refractivity contribution >= 4 is 23.0 Å². The molecule has 2 aromatic rings. The Hall–Kier alpha value is -2.93. The van der Waals surface area contributed by atoms with E-state index in [1.165, 1.54) is 6.07 Å². The van der Waals surface area contributed by atoms with Crippen LogP contribution in [0.5, 0.6) is 0 Å². The van der Waals surface area contributed by atoms with E-state index in [0.29, 0.717) is 30.3 Å². The van der Waals surface area contributed by atoms with E-state index in [2.05, 4.69) is 17.6 Å². The van der Waals surface area contributed by atoms with Crippen molar-refractivity contribution in [2.24, 2.45) is 5.92 Å². The van der Waals surface area contributed by atoms with Gasteiger partial charge >= 0.3 is 0 Å². The predicted molar refractivity (Wildman–Crippen MR) is 110 cm³/mol. The molecule has 0 radical (unpaired) electrons. The first-order chi connectivity index (χ1) is 13.6. The monoisotopic (exact) mass is 382 g/mol. The van der Waals surface area contributed by atoms with Crippen molar-refractivity contribution in [2.45, 2.75) is 19.8 Å². The largest absolute Gasteiger partial charge is 0.350 e. The summed E-state index contributed by atoms with van der Waals surface area (Å²) in [5.41, 5.74) is 1.39. The van der Waals surface area contributed by atoms with Gasteiger partial charge in [-0.2, -0.15) is 0 Å². The van der Waals surface area contributed by atoms with Gasteiger partial charge in [-0.3, -0.25) is 14.9 Å². The lowest BCUT2D eigenvalue weighted by atomic mass is 9.96. The minimum atomic E-state index is -0.454. The van der Waals surface area contributed by atoms with E-state index in [4.69, 9.17) is 0 Å². The van der Waals surface area contributed by atoms with Gasteiger partial charge in [0.15, 0.2) is 0 Å². The number of para-hydroxylation sites is 1. The van der Waals surface area contributed by atoms with Crippen LogP contribution < -0.4 is 10.6 Å². The molecule has 0 saturated carbocycles. The number of nitro groups is 1. The molecular formula is C21H26N4O3. The van der Waals surface area contributed by atoms with Crippen molar-refractivity contribution in [3.8, 4) is 0 Å². The van der Waals surface area contributed by atoms with Gasteiger partial charge in [-0.05, 0) is 56.1 Å². The van der Waals surface area contributed by atoms with Gasteiger partial charge in [-0.15, -0.1) is 0 Å². The Balaban J connectivity index is 1.71. The van der Waals surface area contributed by atoms with Gasteiger partial charge in [-0.1, -0.05) is 25.1 Å². The third kappa shape index (κ3) is 4.86. The zero-order valence-corrected chi connectivity index (χ0v) is 16.1. The van der Waals surface area contributed by atoms with Crippen molar-refractivity contribution in [1.82, 2.24) is 10.2 Å². The molecule has 2 N–H and O–H groups in total. The van der Waals surface area contributed by atoms with Crippen LogP contribution in [0.1, 0.15) is 30.1 Å². The number of anilines is 2. The molecule has 1 aliphatic heterocycles. The standard InChI is InChI=1S/C21H26N4O3/c1-2-22-15-16-10-12-24(13-11-16)21(26)17-8-9-19(20(14-17)25(27)28)23-18-6-4-3-5-7-18/h3-9,14,16,22-23H,2,10-13,15H2,1H3. The quantitative estimate of drug-likeness (QED) is 0.562. The molecule has 0 atom stereocenters. The molecule has 1 amide bonds. The Labute approximate surface area is 164 Å². The van der Waals surface area contributed by atoms with Crippen LogP contribution in [0.25, 0.3) is 0 Å². The van der Waals surface area contributed by atoms with Gasteiger partial charge in [0.1, 0.15) is 5.69 Å². The van der Waals surface area contributed by atoms with Crippen molar-refractivity contribution < 1.29 is 9.72 Å². The van der Waals surface area contributed by atoms with Crippen molar-refractivity contribution in [3.63, 3.8) is 0 Å². The molecule has 0 unspecified atom stereocenters. The average molecular weight is 382 g/mol. The summed E-state index contributed by atoms with van der Waals surface area (Å²) in [5.74, 6) is 0.437. The second kappa shape index (κ2) is 9.32. The molecule has 148 valence electrons. The van der Waals surface area contributed by atoms with Crippen LogP contribution in [0.15, 0.2) is 48.5 Å². The number of hydrogen-bond acceptors (Lipinski definition) is 5. The summed E-state index contributed by atoms with van der Waals surface area (Å²) in [5, 5.41) is 17.9. The van der Waals surface area contributed by atoms with Crippen LogP contribution in [0.2, 0.25) is 0 Å². The minimum absolute atomic E-state index is 0.100. The van der Waals surface area contributed by atoms with E-state index < -0.39 is 4.92 Å². The molecule has 0 bridgehead atoms. The first-order valence-electron chi connectivity index (χ1n) is 9.69. The van der Waals surface area contributed by atoms with Crippen LogP contribution in [0.3, 0.4) is 0 Å². The maximum atomic E-state index is 12.8. The Morgan fingerprint density at radius 2 is 1.89 bits per heavy atom. The molecule has 1 aliphatic rings. The third-order valence-electron chi connectivity index (χ3n) is 5.08. The average Bonchev–Trinajstić information content (AvgIpc) is 2.73. The minimum Gasteiger partial charge on any atom is -0.350 e. The lowest BCUT2D eigenvalue weighted by molar-refractivity contribution is -0.383. The van der Waals surface area contributed by atoms with E-state index in [0.717, 1.165) is 31.6 Å². The molecule has 1 heterocycles. The van der Waals surface area contributed by atoms with E-state index in [9.17, 15) is 14.9 Å². The Kier molecular flexibility index (Phi) is 6.60. The van der Waals surface area contributed by atoms with E-state index in [1.807, 2.05) is 30.3 Å². The lowest BCUT2D eigenvalue weighted by Crippen LogP contribution is -2.40. The van der Waals surface area contributed by atoms with Gasteiger partial charge in [0, 0.05) is 30.4 Å². The maximum absolute atomic E-state index is 12.8. The zero-order valence-electron chi connectivity index (χ0n) is 16.1. The number of carbonyl (C=O) groups excluding carboxylic acids is 1. The van der Waals surface area contributed by atoms with Gasteiger partial charge in [0.25, 0.3) is 11.6 Å². The number of hydrogen-bond donors (Lipinski definition) is 2. The molecule has 0 aromatic heterocycles. The Bertz CT molecular complexity index is 818. The number of piperidine rings is 1. The summed E-state index contributed by atoms with van der Waals surface area (Å²) < 4.78 is 0. The molecule has 3 rings (SSSR count). The summed E-state index contributed by atoms with van der Waals surface area (Å²) in [6.07, 6.45) is 1.91. The van der Waals surface area contributed by atoms with Crippen LogP contribution >= 0.6 is 0 Å². The molecule has 1 fully saturated rings. The van der Waals surface area contributed by atoms with Gasteiger partial charge < -0.3 is 15.5 Å². The lowest BCUT2D eigenvalue weighted by Gasteiger charge is -2.32. The molecule has 0 aliphatic carbocycles. The van der Waals surface area contributed by atoms with Crippen molar-refractivity contribution in [1.29, 1.82) is 0 Å². The molecule has 7 heteroatoms. The van der Waals surface area contributed by atoms with Gasteiger partial charge in [0.05, 0.1) is 4.92 Å².